The number of hydrogen-bond donors (Lipinski definition) is 3. The van der Waals surface area contributed by atoms with E-state index >= 15 is 0 Å². The molecule has 0 aliphatic rings. The molecule has 3 N–H and O–H groups in total. The number of hydrazine groups is 1. The first-order chi connectivity index (χ1) is 4.81. The summed E-state index contributed by atoms with van der Waals surface area (Å²) in [6.07, 6.45) is 1.67. The molecule has 0 unspecified atom stereocenters. The first kappa shape index (κ1) is 9.13. The molecular weight excluding hydrogens is 130 g/mol. The van der Waals surface area contributed by atoms with Crippen LogP contribution in [-0.4, -0.2) is 26.0 Å². The van der Waals surface area contributed by atoms with Crippen LogP contribution in [0.5, 0.6) is 0 Å². The molecule has 0 bridgehead atoms. The largest absolute Gasteiger partial charge is 0.311 e. The van der Waals surface area contributed by atoms with E-state index < -0.39 is 0 Å². The second kappa shape index (κ2) is 6.25. The van der Waals surface area contributed by atoms with Crippen molar-refractivity contribution in [1.29, 1.82) is 0 Å². The van der Waals surface area contributed by atoms with E-state index in [0.29, 0.717) is 13.1 Å². The lowest BCUT2D eigenvalue weighted by atomic mass is 10.6. The summed E-state index contributed by atoms with van der Waals surface area (Å²) in [5.74, 6) is -0.0793. The number of likely N-dealkylation sites (N-methyl/N-ethyl adjacent to an activating group) is 1. The monoisotopic (exact) mass is 143 g/mol. The Labute approximate surface area is 60.7 Å². The summed E-state index contributed by atoms with van der Waals surface area (Å²) in [4.78, 5) is 10.6. The number of hydrogen-bond acceptors (Lipinski definition) is 3. The Bertz CT molecular complexity index is 114. The van der Waals surface area contributed by atoms with Gasteiger partial charge in [0.1, 0.15) is 0 Å². The number of nitrogens with one attached hydrogen (secondary N) is 3. The summed E-state index contributed by atoms with van der Waals surface area (Å²) in [7, 11) is 1.72. The van der Waals surface area contributed by atoms with E-state index in [1.54, 1.807) is 13.1 Å². The molecule has 4 nitrogen and oxygen atoms in total. The molecule has 0 radical (unpaired) electrons. The van der Waals surface area contributed by atoms with Crippen molar-refractivity contribution < 1.29 is 4.79 Å². The number of carbonyl (C=O) groups excluding carboxylic acids is 1. The summed E-state index contributed by atoms with van der Waals surface area (Å²) >= 11 is 0. The van der Waals surface area contributed by atoms with Crippen LogP contribution in [0, 0.1) is 0 Å². The van der Waals surface area contributed by atoms with E-state index in [2.05, 4.69) is 22.7 Å². The van der Waals surface area contributed by atoms with Gasteiger partial charge < -0.3 is 5.32 Å². The fourth-order valence-electron chi connectivity index (χ4n) is 0.427. The Morgan fingerprint density at radius 3 is 2.90 bits per heavy atom. The fourth-order valence-corrected chi connectivity index (χ4v) is 0.427. The van der Waals surface area contributed by atoms with Gasteiger partial charge in [-0.05, 0) is 7.05 Å². The van der Waals surface area contributed by atoms with E-state index in [-0.39, 0.29) is 5.91 Å². The van der Waals surface area contributed by atoms with Gasteiger partial charge in [-0.3, -0.25) is 10.2 Å². The van der Waals surface area contributed by atoms with Crippen LogP contribution < -0.4 is 16.2 Å². The summed E-state index contributed by atoms with van der Waals surface area (Å²) in [6.45, 7) is 4.38. The van der Waals surface area contributed by atoms with Crippen LogP contribution in [0.1, 0.15) is 0 Å². The molecule has 0 saturated heterocycles. The van der Waals surface area contributed by atoms with Crippen molar-refractivity contribution in [2.24, 2.45) is 0 Å². The van der Waals surface area contributed by atoms with Crippen molar-refractivity contribution >= 4 is 5.91 Å². The Morgan fingerprint density at radius 1 is 1.70 bits per heavy atom. The molecule has 0 atom stereocenters. The zero-order valence-electron chi connectivity index (χ0n) is 6.11. The van der Waals surface area contributed by atoms with Crippen molar-refractivity contribution in [3.63, 3.8) is 0 Å². The average Bonchev–Trinajstić information content (AvgIpc) is 1.89. The van der Waals surface area contributed by atoms with Crippen LogP contribution in [0.3, 0.4) is 0 Å². The van der Waals surface area contributed by atoms with Crippen molar-refractivity contribution in [2.45, 2.75) is 0 Å². The SMILES string of the molecule is C=CCNNC(=O)CNC. The highest BCUT2D eigenvalue weighted by molar-refractivity contribution is 5.77. The summed E-state index contributed by atoms with van der Waals surface area (Å²) in [5.41, 5.74) is 5.12. The maximum atomic E-state index is 10.6. The molecule has 0 aliphatic carbocycles. The van der Waals surface area contributed by atoms with Gasteiger partial charge in [-0.15, -0.1) is 6.58 Å². The minimum absolute atomic E-state index is 0.0793. The quantitative estimate of drug-likeness (QED) is 0.263. The molecule has 1 amide bonds. The molecule has 0 aliphatic heterocycles. The zero-order valence-corrected chi connectivity index (χ0v) is 6.11. The minimum atomic E-state index is -0.0793. The topological polar surface area (TPSA) is 53.2 Å². The smallest absolute Gasteiger partial charge is 0.248 e. The number of amides is 1. The molecule has 0 rings (SSSR count). The minimum Gasteiger partial charge on any atom is -0.311 e. The van der Waals surface area contributed by atoms with E-state index in [1.807, 2.05) is 0 Å². The van der Waals surface area contributed by atoms with Crippen LogP contribution in [-0.2, 0) is 4.79 Å². The van der Waals surface area contributed by atoms with Crippen LogP contribution >= 0.6 is 0 Å². The number of rotatable bonds is 5. The van der Waals surface area contributed by atoms with Gasteiger partial charge >= 0.3 is 0 Å². The predicted octanol–water partition coefficient (Wildman–Crippen LogP) is -0.987. The van der Waals surface area contributed by atoms with Crippen LogP contribution in [0.2, 0.25) is 0 Å². The third kappa shape index (κ3) is 5.27. The molecule has 10 heavy (non-hydrogen) atoms. The second-order valence-corrected chi connectivity index (χ2v) is 1.75. The van der Waals surface area contributed by atoms with Crippen molar-refractivity contribution in [3.8, 4) is 0 Å². The molecular formula is C6H13N3O. The van der Waals surface area contributed by atoms with E-state index in [9.17, 15) is 4.79 Å². The van der Waals surface area contributed by atoms with E-state index in [0.717, 1.165) is 0 Å². The first-order valence-corrected chi connectivity index (χ1v) is 3.08. The maximum absolute atomic E-state index is 10.6. The normalized spacial score (nSPS) is 8.90. The summed E-state index contributed by atoms with van der Waals surface area (Å²) in [5, 5.41) is 2.72. The Morgan fingerprint density at radius 2 is 2.40 bits per heavy atom. The lowest BCUT2D eigenvalue weighted by Gasteiger charge is -2.02. The zero-order chi connectivity index (χ0) is 7.82. The van der Waals surface area contributed by atoms with Crippen LogP contribution in [0.15, 0.2) is 12.7 Å². The molecule has 0 aromatic rings. The third-order valence-corrected chi connectivity index (χ3v) is 0.812. The standard InChI is InChI=1S/C6H13N3O/c1-3-4-8-9-6(10)5-7-2/h3,7-8H,1,4-5H2,2H3,(H,9,10). The molecule has 0 spiro atoms. The Hall–Kier alpha value is -0.870. The predicted molar refractivity (Wildman–Crippen MR) is 40.3 cm³/mol. The molecule has 0 heterocycles. The highest BCUT2D eigenvalue weighted by atomic mass is 16.2. The maximum Gasteiger partial charge on any atom is 0.248 e. The Kier molecular flexibility index (Phi) is 5.71. The third-order valence-electron chi connectivity index (χ3n) is 0.812. The van der Waals surface area contributed by atoms with Gasteiger partial charge in [0.05, 0.1) is 6.54 Å². The molecule has 0 fully saturated rings. The van der Waals surface area contributed by atoms with Gasteiger partial charge in [0, 0.05) is 6.54 Å². The van der Waals surface area contributed by atoms with E-state index in [4.69, 9.17) is 0 Å². The van der Waals surface area contributed by atoms with Gasteiger partial charge in [-0.25, -0.2) is 5.43 Å². The first-order valence-electron chi connectivity index (χ1n) is 3.08. The molecule has 0 aromatic heterocycles. The summed E-state index contributed by atoms with van der Waals surface area (Å²) < 4.78 is 0. The second-order valence-electron chi connectivity index (χ2n) is 1.75. The van der Waals surface area contributed by atoms with Crippen molar-refractivity contribution in [1.82, 2.24) is 16.2 Å². The van der Waals surface area contributed by atoms with E-state index in [1.165, 1.54) is 0 Å². The molecule has 0 saturated carbocycles. The highest BCUT2D eigenvalue weighted by Gasteiger charge is 1.93. The van der Waals surface area contributed by atoms with Gasteiger partial charge in [0.2, 0.25) is 5.91 Å². The highest BCUT2D eigenvalue weighted by Crippen LogP contribution is 1.58. The molecule has 58 valence electrons. The van der Waals surface area contributed by atoms with Crippen molar-refractivity contribution in [2.75, 3.05) is 20.1 Å². The molecule has 0 aromatic carbocycles. The average molecular weight is 143 g/mol. The van der Waals surface area contributed by atoms with Gasteiger partial charge in [-0.2, -0.15) is 0 Å². The lowest BCUT2D eigenvalue weighted by molar-refractivity contribution is -0.121. The van der Waals surface area contributed by atoms with Crippen LogP contribution in [0.4, 0.5) is 0 Å². The van der Waals surface area contributed by atoms with Gasteiger partial charge in [-0.1, -0.05) is 6.08 Å². The number of carbonyl (C=O) groups is 1. The molecule has 4 heteroatoms. The fraction of sp³-hybridized carbons (Fsp3) is 0.500. The summed E-state index contributed by atoms with van der Waals surface area (Å²) in [6, 6.07) is 0. The Balaban J connectivity index is 3.13. The van der Waals surface area contributed by atoms with Gasteiger partial charge in [0.15, 0.2) is 0 Å². The van der Waals surface area contributed by atoms with Gasteiger partial charge in [0.25, 0.3) is 0 Å². The van der Waals surface area contributed by atoms with Crippen molar-refractivity contribution in [3.05, 3.63) is 12.7 Å². The van der Waals surface area contributed by atoms with Crippen LogP contribution in [0.25, 0.3) is 0 Å². The lowest BCUT2D eigenvalue weighted by Crippen LogP contribution is -2.41.